The van der Waals surface area contributed by atoms with Gasteiger partial charge in [0.1, 0.15) is 0 Å². The molecule has 0 aliphatic rings. The van der Waals surface area contributed by atoms with Crippen LogP contribution in [-0.2, 0) is 9.84 Å². The van der Waals surface area contributed by atoms with Crippen LogP contribution in [0.5, 0.6) is 0 Å². The van der Waals surface area contributed by atoms with Crippen LogP contribution in [0.2, 0.25) is 0 Å². The molecule has 134 valence electrons. The van der Waals surface area contributed by atoms with E-state index in [2.05, 4.69) is 15.5 Å². The highest BCUT2D eigenvalue weighted by Gasteiger charge is 2.15. The molecule has 7 nitrogen and oxygen atoms in total. The van der Waals surface area contributed by atoms with Gasteiger partial charge in [0.25, 0.3) is 5.91 Å². The van der Waals surface area contributed by atoms with Crippen molar-refractivity contribution in [3.05, 3.63) is 59.2 Å². The average Bonchev–Trinajstić information content (AvgIpc) is 3.05. The topological polar surface area (TPSA) is 102 Å². The molecular formula is C18H17N3O4S. The van der Waals surface area contributed by atoms with Crippen LogP contribution in [0.3, 0.4) is 0 Å². The molecule has 1 heterocycles. The number of amides is 1. The predicted octanol–water partition coefficient (Wildman–Crippen LogP) is 3.01. The van der Waals surface area contributed by atoms with Gasteiger partial charge in [0, 0.05) is 17.4 Å². The molecule has 3 aromatic rings. The van der Waals surface area contributed by atoms with E-state index in [0.717, 1.165) is 17.4 Å². The van der Waals surface area contributed by atoms with Gasteiger partial charge < -0.3 is 4.42 Å². The van der Waals surface area contributed by atoms with Crippen LogP contribution in [0.25, 0.3) is 11.5 Å². The van der Waals surface area contributed by atoms with Crippen molar-refractivity contribution in [3.8, 4) is 11.5 Å². The lowest BCUT2D eigenvalue weighted by Gasteiger charge is -2.05. The minimum atomic E-state index is -3.27. The van der Waals surface area contributed by atoms with Crippen molar-refractivity contribution >= 4 is 21.8 Å². The zero-order valence-corrected chi connectivity index (χ0v) is 15.3. The van der Waals surface area contributed by atoms with Gasteiger partial charge >= 0.3 is 6.01 Å². The summed E-state index contributed by atoms with van der Waals surface area (Å²) in [5.74, 6) is -0.157. The Morgan fingerprint density at radius 1 is 1.04 bits per heavy atom. The fourth-order valence-corrected chi connectivity index (χ4v) is 3.01. The molecular weight excluding hydrogens is 354 g/mol. The minimum absolute atomic E-state index is 0.0295. The first-order valence-corrected chi connectivity index (χ1v) is 9.66. The van der Waals surface area contributed by atoms with E-state index in [-0.39, 0.29) is 22.7 Å². The number of nitrogens with zero attached hydrogens (tertiary/aromatic N) is 2. The largest absolute Gasteiger partial charge is 0.403 e. The molecule has 1 amide bonds. The number of benzene rings is 2. The quantitative estimate of drug-likeness (QED) is 0.756. The maximum atomic E-state index is 12.4. The third-order valence-electron chi connectivity index (χ3n) is 3.81. The lowest BCUT2D eigenvalue weighted by Crippen LogP contribution is -2.13. The molecule has 2 aromatic carbocycles. The van der Waals surface area contributed by atoms with E-state index in [9.17, 15) is 13.2 Å². The van der Waals surface area contributed by atoms with Gasteiger partial charge in [-0.3, -0.25) is 10.1 Å². The Morgan fingerprint density at radius 3 is 2.38 bits per heavy atom. The number of carbonyl (C=O) groups is 1. The lowest BCUT2D eigenvalue weighted by molar-refractivity contribution is 0.102. The molecule has 0 saturated heterocycles. The molecule has 0 fully saturated rings. The SMILES string of the molecule is Cc1ccc(C)c(C(=O)Nc2nnc(-c3ccc(S(C)(=O)=O)cc3)o2)c1. The average molecular weight is 371 g/mol. The van der Waals surface area contributed by atoms with Gasteiger partial charge in [-0.2, -0.15) is 0 Å². The van der Waals surface area contributed by atoms with Crippen LogP contribution in [0.4, 0.5) is 6.01 Å². The fourth-order valence-electron chi connectivity index (χ4n) is 2.38. The Morgan fingerprint density at radius 2 is 1.73 bits per heavy atom. The van der Waals surface area contributed by atoms with Crippen LogP contribution in [-0.4, -0.2) is 30.8 Å². The molecule has 1 aromatic heterocycles. The Kier molecular flexibility index (Phi) is 4.60. The molecule has 0 spiro atoms. The van der Waals surface area contributed by atoms with Gasteiger partial charge in [-0.25, -0.2) is 8.42 Å². The molecule has 8 heteroatoms. The van der Waals surface area contributed by atoms with Crippen molar-refractivity contribution in [2.24, 2.45) is 0 Å². The number of hydrogen-bond donors (Lipinski definition) is 1. The van der Waals surface area contributed by atoms with E-state index in [4.69, 9.17) is 4.42 Å². The summed E-state index contributed by atoms with van der Waals surface area (Å²) in [4.78, 5) is 12.6. The highest BCUT2D eigenvalue weighted by molar-refractivity contribution is 7.90. The fraction of sp³-hybridized carbons (Fsp3) is 0.167. The summed E-state index contributed by atoms with van der Waals surface area (Å²) in [6, 6.07) is 11.6. The van der Waals surface area contributed by atoms with Gasteiger partial charge in [0.05, 0.1) is 4.90 Å². The van der Waals surface area contributed by atoms with Gasteiger partial charge in [0.15, 0.2) is 9.84 Å². The van der Waals surface area contributed by atoms with Crippen molar-refractivity contribution in [1.82, 2.24) is 10.2 Å². The molecule has 0 aliphatic heterocycles. The van der Waals surface area contributed by atoms with Gasteiger partial charge in [-0.1, -0.05) is 22.8 Å². The highest BCUT2D eigenvalue weighted by Crippen LogP contribution is 2.22. The molecule has 0 aliphatic carbocycles. The standard InChI is InChI=1S/C18H17N3O4S/c1-11-4-5-12(2)15(10-11)16(22)19-18-21-20-17(25-18)13-6-8-14(9-7-13)26(3,23)24/h4-10H,1-3H3,(H,19,21,22). The molecule has 3 rings (SSSR count). The van der Waals surface area contributed by atoms with Gasteiger partial charge in [-0.15, -0.1) is 5.10 Å². The lowest BCUT2D eigenvalue weighted by atomic mass is 10.1. The Bertz CT molecular complexity index is 1070. The second-order valence-electron chi connectivity index (χ2n) is 5.98. The zero-order valence-electron chi connectivity index (χ0n) is 14.5. The Balaban J connectivity index is 1.80. The van der Waals surface area contributed by atoms with Crippen LogP contribution >= 0.6 is 0 Å². The normalized spacial score (nSPS) is 11.3. The summed E-state index contributed by atoms with van der Waals surface area (Å²) >= 11 is 0. The van der Waals surface area contributed by atoms with E-state index in [1.807, 2.05) is 26.0 Å². The van der Waals surface area contributed by atoms with Gasteiger partial charge in [0.2, 0.25) is 5.89 Å². The first kappa shape index (κ1) is 17.8. The number of sulfone groups is 1. The van der Waals surface area contributed by atoms with E-state index < -0.39 is 9.84 Å². The number of hydrogen-bond acceptors (Lipinski definition) is 6. The van der Waals surface area contributed by atoms with Crippen molar-refractivity contribution in [1.29, 1.82) is 0 Å². The minimum Gasteiger partial charge on any atom is -0.403 e. The van der Waals surface area contributed by atoms with Crippen molar-refractivity contribution in [3.63, 3.8) is 0 Å². The van der Waals surface area contributed by atoms with Crippen LogP contribution in [0.1, 0.15) is 21.5 Å². The van der Waals surface area contributed by atoms with Crippen molar-refractivity contribution in [2.75, 3.05) is 11.6 Å². The molecule has 0 bridgehead atoms. The maximum absolute atomic E-state index is 12.4. The van der Waals surface area contributed by atoms with E-state index in [1.165, 1.54) is 12.1 Å². The zero-order chi connectivity index (χ0) is 18.9. The summed E-state index contributed by atoms with van der Waals surface area (Å²) in [7, 11) is -3.27. The second kappa shape index (κ2) is 6.72. The third-order valence-corrected chi connectivity index (χ3v) is 4.94. The molecule has 0 radical (unpaired) electrons. The number of aromatic nitrogens is 2. The molecule has 1 N–H and O–H groups in total. The van der Waals surface area contributed by atoms with Crippen LogP contribution in [0.15, 0.2) is 51.8 Å². The van der Waals surface area contributed by atoms with E-state index in [1.54, 1.807) is 18.2 Å². The van der Waals surface area contributed by atoms with Crippen molar-refractivity contribution in [2.45, 2.75) is 18.7 Å². The van der Waals surface area contributed by atoms with Gasteiger partial charge in [-0.05, 0) is 49.7 Å². The van der Waals surface area contributed by atoms with Crippen LogP contribution < -0.4 is 5.32 Å². The maximum Gasteiger partial charge on any atom is 0.322 e. The summed E-state index contributed by atoms with van der Waals surface area (Å²) in [6.45, 7) is 3.75. The van der Waals surface area contributed by atoms with Crippen molar-refractivity contribution < 1.29 is 17.6 Å². The summed E-state index contributed by atoms with van der Waals surface area (Å²) in [5.41, 5.74) is 2.89. The number of carbonyl (C=O) groups excluding carboxylic acids is 1. The molecule has 0 atom stereocenters. The summed E-state index contributed by atoms with van der Waals surface area (Å²) in [5, 5.41) is 10.3. The predicted molar refractivity (Wildman–Crippen MR) is 96.7 cm³/mol. The number of nitrogens with one attached hydrogen (secondary N) is 1. The first-order chi connectivity index (χ1) is 12.2. The smallest absolute Gasteiger partial charge is 0.322 e. The summed E-state index contributed by atoms with van der Waals surface area (Å²) in [6.07, 6.45) is 1.13. The highest BCUT2D eigenvalue weighted by atomic mass is 32.2. The Labute approximate surface area is 151 Å². The van der Waals surface area contributed by atoms with E-state index >= 15 is 0 Å². The summed E-state index contributed by atoms with van der Waals surface area (Å²) < 4.78 is 28.4. The Hall–Kier alpha value is -3.00. The second-order valence-corrected chi connectivity index (χ2v) is 8.00. The molecule has 26 heavy (non-hydrogen) atoms. The number of aryl methyl sites for hydroxylation is 2. The third kappa shape index (κ3) is 3.80. The van der Waals surface area contributed by atoms with Crippen LogP contribution in [0, 0.1) is 13.8 Å². The number of anilines is 1. The monoisotopic (exact) mass is 371 g/mol. The van der Waals surface area contributed by atoms with E-state index in [0.29, 0.717) is 11.1 Å². The molecule has 0 unspecified atom stereocenters. The molecule has 0 saturated carbocycles. The first-order valence-electron chi connectivity index (χ1n) is 7.76. The number of rotatable bonds is 4.